The third-order valence-electron chi connectivity index (χ3n) is 5.08. The van der Waals surface area contributed by atoms with Gasteiger partial charge in [0.2, 0.25) is 5.91 Å². The molecule has 0 radical (unpaired) electrons. The Hall–Kier alpha value is -2.66. The van der Waals surface area contributed by atoms with Crippen molar-refractivity contribution in [1.29, 1.82) is 0 Å². The first-order valence-corrected chi connectivity index (χ1v) is 10.3. The number of hydrogen-bond donors (Lipinski definition) is 2. The van der Waals surface area contributed by atoms with Gasteiger partial charge in [-0.1, -0.05) is 68.8 Å². The van der Waals surface area contributed by atoms with E-state index in [4.69, 9.17) is 4.74 Å². The van der Waals surface area contributed by atoms with E-state index in [0.29, 0.717) is 25.1 Å². The van der Waals surface area contributed by atoms with Gasteiger partial charge >= 0.3 is 0 Å². The van der Waals surface area contributed by atoms with E-state index in [1.807, 2.05) is 69.3 Å². The van der Waals surface area contributed by atoms with Crippen molar-refractivity contribution >= 4 is 11.8 Å². The molecule has 0 aliphatic heterocycles. The molecular formula is C24H32N2O3. The zero-order valence-electron chi connectivity index (χ0n) is 17.6. The second-order valence-corrected chi connectivity index (χ2v) is 7.27. The fourth-order valence-electron chi connectivity index (χ4n) is 2.99. The summed E-state index contributed by atoms with van der Waals surface area (Å²) in [7, 11) is 0. The molecule has 3 unspecified atom stereocenters. The van der Waals surface area contributed by atoms with Crippen molar-refractivity contribution in [2.45, 2.75) is 45.8 Å². The maximum Gasteiger partial charge on any atom is 0.251 e. The van der Waals surface area contributed by atoms with Crippen molar-refractivity contribution in [1.82, 2.24) is 10.6 Å². The molecule has 0 bridgehead atoms. The maximum absolute atomic E-state index is 12.7. The first kappa shape index (κ1) is 22.6. The van der Waals surface area contributed by atoms with Gasteiger partial charge in [-0.25, -0.2) is 0 Å². The molecule has 156 valence electrons. The summed E-state index contributed by atoms with van der Waals surface area (Å²) in [5, 5.41) is 5.82. The summed E-state index contributed by atoms with van der Waals surface area (Å²) >= 11 is 0. The molecule has 3 atom stereocenters. The molecule has 2 amide bonds. The van der Waals surface area contributed by atoms with Gasteiger partial charge in [0.1, 0.15) is 6.04 Å². The molecular weight excluding hydrogens is 364 g/mol. The average Bonchev–Trinajstić information content (AvgIpc) is 2.77. The van der Waals surface area contributed by atoms with Gasteiger partial charge in [-0.15, -0.1) is 0 Å². The predicted octanol–water partition coefficient (Wildman–Crippen LogP) is 4.12. The minimum absolute atomic E-state index is 0.0184. The molecule has 0 heterocycles. The number of carbonyl (C=O) groups is 2. The van der Waals surface area contributed by atoms with Gasteiger partial charge < -0.3 is 15.4 Å². The van der Waals surface area contributed by atoms with Gasteiger partial charge in [0.15, 0.2) is 0 Å². The first-order valence-electron chi connectivity index (χ1n) is 10.3. The quantitative estimate of drug-likeness (QED) is 0.562. The van der Waals surface area contributed by atoms with Gasteiger partial charge in [-0.3, -0.25) is 9.59 Å². The number of ether oxygens (including phenoxy) is 1. The third-order valence-corrected chi connectivity index (χ3v) is 5.08. The van der Waals surface area contributed by atoms with Crippen molar-refractivity contribution in [2.75, 3.05) is 13.2 Å². The number of rotatable bonds is 11. The van der Waals surface area contributed by atoms with E-state index >= 15 is 0 Å². The first-order chi connectivity index (χ1) is 14.0. The molecule has 2 aromatic rings. The molecule has 5 heteroatoms. The SMILES string of the molecule is CCC(C)C(NC(=O)c1ccccc1)C(=O)NCCCOC(C)c1ccccc1. The van der Waals surface area contributed by atoms with Crippen LogP contribution in [-0.2, 0) is 9.53 Å². The van der Waals surface area contributed by atoms with Crippen LogP contribution in [0.2, 0.25) is 0 Å². The molecule has 0 aromatic heterocycles. The van der Waals surface area contributed by atoms with E-state index in [1.165, 1.54) is 0 Å². The Morgan fingerprint density at radius 3 is 2.21 bits per heavy atom. The Kier molecular flexibility index (Phi) is 9.38. The van der Waals surface area contributed by atoms with Crippen molar-refractivity contribution in [3.8, 4) is 0 Å². The van der Waals surface area contributed by atoms with Crippen LogP contribution in [0.3, 0.4) is 0 Å². The molecule has 0 aliphatic carbocycles. The molecule has 0 fully saturated rings. The zero-order chi connectivity index (χ0) is 21.1. The van der Waals surface area contributed by atoms with E-state index in [0.717, 1.165) is 12.0 Å². The highest BCUT2D eigenvalue weighted by Gasteiger charge is 2.25. The monoisotopic (exact) mass is 396 g/mol. The Balaban J connectivity index is 1.78. The van der Waals surface area contributed by atoms with E-state index in [-0.39, 0.29) is 23.8 Å². The van der Waals surface area contributed by atoms with Gasteiger partial charge in [0, 0.05) is 18.7 Å². The van der Waals surface area contributed by atoms with Crippen molar-refractivity contribution in [3.63, 3.8) is 0 Å². The van der Waals surface area contributed by atoms with E-state index in [1.54, 1.807) is 12.1 Å². The second kappa shape index (κ2) is 12.0. The van der Waals surface area contributed by atoms with Crippen LogP contribution in [0.4, 0.5) is 0 Å². The summed E-state index contributed by atoms with van der Waals surface area (Å²) in [5.74, 6) is -0.345. The molecule has 2 aromatic carbocycles. The fourth-order valence-corrected chi connectivity index (χ4v) is 2.99. The van der Waals surface area contributed by atoms with Crippen LogP contribution in [0, 0.1) is 5.92 Å². The van der Waals surface area contributed by atoms with Gasteiger partial charge in [0.25, 0.3) is 5.91 Å². The fraction of sp³-hybridized carbons (Fsp3) is 0.417. The molecule has 5 nitrogen and oxygen atoms in total. The normalized spacial score (nSPS) is 13.9. The van der Waals surface area contributed by atoms with Crippen LogP contribution < -0.4 is 10.6 Å². The van der Waals surface area contributed by atoms with Crippen LogP contribution in [0.1, 0.15) is 55.6 Å². The molecule has 0 spiro atoms. The largest absolute Gasteiger partial charge is 0.374 e. The van der Waals surface area contributed by atoms with Crippen LogP contribution in [0.25, 0.3) is 0 Å². The van der Waals surface area contributed by atoms with Gasteiger partial charge in [-0.05, 0) is 37.0 Å². The number of carbonyl (C=O) groups excluding carboxylic acids is 2. The summed E-state index contributed by atoms with van der Waals surface area (Å²) in [4.78, 5) is 25.1. The Morgan fingerprint density at radius 2 is 1.59 bits per heavy atom. The zero-order valence-corrected chi connectivity index (χ0v) is 17.6. The van der Waals surface area contributed by atoms with Crippen LogP contribution in [0.5, 0.6) is 0 Å². The summed E-state index contributed by atoms with van der Waals surface area (Å²) in [6, 6.07) is 18.5. The lowest BCUT2D eigenvalue weighted by molar-refractivity contribution is -0.124. The molecule has 29 heavy (non-hydrogen) atoms. The highest BCUT2D eigenvalue weighted by molar-refractivity contribution is 5.97. The number of nitrogens with one attached hydrogen (secondary N) is 2. The molecule has 2 N–H and O–H groups in total. The molecule has 2 rings (SSSR count). The topological polar surface area (TPSA) is 67.4 Å². The number of benzene rings is 2. The van der Waals surface area contributed by atoms with Crippen LogP contribution >= 0.6 is 0 Å². The lowest BCUT2D eigenvalue weighted by Gasteiger charge is -2.23. The summed E-state index contributed by atoms with van der Waals surface area (Å²) in [6.45, 7) is 7.07. The van der Waals surface area contributed by atoms with E-state index in [9.17, 15) is 9.59 Å². The predicted molar refractivity (Wildman–Crippen MR) is 116 cm³/mol. The Bertz CT molecular complexity index is 749. The summed E-state index contributed by atoms with van der Waals surface area (Å²) in [5.41, 5.74) is 1.69. The lowest BCUT2D eigenvalue weighted by Crippen LogP contribution is -2.50. The highest BCUT2D eigenvalue weighted by Crippen LogP contribution is 2.15. The van der Waals surface area contributed by atoms with Crippen molar-refractivity contribution < 1.29 is 14.3 Å². The lowest BCUT2D eigenvalue weighted by atomic mass is 9.98. The number of hydrogen-bond acceptors (Lipinski definition) is 3. The summed E-state index contributed by atoms with van der Waals surface area (Å²) < 4.78 is 5.84. The van der Waals surface area contributed by atoms with E-state index in [2.05, 4.69) is 10.6 Å². The molecule has 0 saturated heterocycles. The molecule has 0 saturated carbocycles. The summed E-state index contributed by atoms with van der Waals surface area (Å²) in [6.07, 6.45) is 1.53. The second-order valence-electron chi connectivity index (χ2n) is 7.27. The smallest absolute Gasteiger partial charge is 0.251 e. The Morgan fingerprint density at radius 1 is 0.966 bits per heavy atom. The van der Waals surface area contributed by atoms with Crippen LogP contribution in [0.15, 0.2) is 60.7 Å². The third kappa shape index (κ3) is 7.35. The standard InChI is InChI=1S/C24H32N2O3/c1-4-18(2)22(26-23(27)21-14-9-6-10-15-21)24(28)25-16-11-17-29-19(3)20-12-7-5-8-13-20/h5-10,12-15,18-19,22H,4,11,16-17H2,1-3H3,(H,25,28)(H,26,27). The van der Waals surface area contributed by atoms with Crippen molar-refractivity contribution in [3.05, 3.63) is 71.8 Å². The Labute approximate surface area is 173 Å². The number of amides is 2. The maximum atomic E-state index is 12.7. The van der Waals surface area contributed by atoms with Gasteiger partial charge in [-0.2, -0.15) is 0 Å². The highest BCUT2D eigenvalue weighted by atomic mass is 16.5. The average molecular weight is 397 g/mol. The van der Waals surface area contributed by atoms with Gasteiger partial charge in [0.05, 0.1) is 6.10 Å². The molecule has 0 aliphatic rings. The van der Waals surface area contributed by atoms with Crippen LogP contribution in [-0.4, -0.2) is 31.0 Å². The van der Waals surface area contributed by atoms with Crippen molar-refractivity contribution in [2.24, 2.45) is 5.92 Å². The van der Waals surface area contributed by atoms with E-state index < -0.39 is 6.04 Å². The minimum atomic E-state index is -0.558. The minimum Gasteiger partial charge on any atom is -0.374 e.